The minimum Gasteiger partial charge on any atom is -0.483 e. The third-order valence-corrected chi connectivity index (χ3v) is 5.53. The molecule has 1 aromatic carbocycles. The van der Waals surface area contributed by atoms with Crippen molar-refractivity contribution in [2.24, 2.45) is 4.99 Å². The Morgan fingerprint density at radius 3 is 2.83 bits per heavy atom. The molecular weight excluding hydrogens is 435 g/mol. The number of nitrogens with zero attached hydrogens (tertiary/aromatic N) is 2. The molecule has 0 N–H and O–H groups in total. The third kappa shape index (κ3) is 6.19. The normalized spacial score (nSPS) is 13.4. The molecule has 29 heavy (non-hydrogen) atoms. The van der Waals surface area contributed by atoms with E-state index in [-0.39, 0.29) is 29.9 Å². The molecule has 6 nitrogen and oxygen atoms in total. The number of carbonyl (C=O) groups excluding carboxylic acids is 1. The van der Waals surface area contributed by atoms with Crippen molar-refractivity contribution in [3.63, 3.8) is 0 Å². The van der Waals surface area contributed by atoms with Crippen molar-refractivity contribution in [1.82, 2.24) is 4.57 Å². The largest absolute Gasteiger partial charge is 0.483 e. The highest BCUT2D eigenvalue weighted by molar-refractivity contribution is 7.16. The van der Waals surface area contributed by atoms with E-state index in [0.717, 1.165) is 16.0 Å². The smallest absolute Gasteiger partial charge is 0.308 e. The van der Waals surface area contributed by atoms with Crippen molar-refractivity contribution in [1.29, 1.82) is 0 Å². The number of esters is 1. The zero-order chi connectivity index (χ0) is 21.6. The van der Waals surface area contributed by atoms with E-state index in [4.69, 9.17) is 32.7 Å². The van der Waals surface area contributed by atoms with Crippen LogP contribution in [0.15, 0.2) is 45.8 Å². The van der Waals surface area contributed by atoms with Crippen LogP contribution in [0, 0.1) is 0 Å². The number of thiazole rings is 1. The molecule has 0 aliphatic carbocycles. The van der Waals surface area contributed by atoms with Gasteiger partial charge < -0.3 is 9.47 Å². The standard InChI is InChI=1S/C20H22Cl2N2O4S/c1-5-14(21)11-23-12(3)13(4)28-17-10-18-16(9-15(17)22)24(20(26)29-18)8-7-19(25)27-6-2/h5,9-11,13H,1,6-8H2,2-4H3/b14-11+,23-12+. The summed E-state index contributed by atoms with van der Waals surface area (Å²) in [5.41, 5.74) is 1.35. The summed E-state index contributed by atoms with van der Waals surface area (Å²) in [6, 6.07) is 3.39. The predicted molar refractivity (Wildman–Crippen MR) is 120 cm³/mol. The van der Waals surface area contributed by atoms with E-state index in [1.807, 2.05) is 13.8 Å². The van der Waals surface area contributed by atoms with Crippen molar-refractivity contribution < 1.29 is 14.3 Å². The highest BCUT2D eigenvalue weighted by atomic mass is 35.5. The van der Waals surface area contributed by atoms with Crippen LogP contribution in [-0.4, -0.2) is 29.0 Å². The molecule has 1 atom stereocenters. The van der Waals surface area contributed by atoms with Gasteiger partial charge in [0.15, 0.2) is 0 Å². The van der Waals surface area contributed by atoms with Gasteiger partial charge in [-0.15, -0.1) is 0 Å². The molecule has 1 heterocycles. The monoisotopic (exact) mass is 456 g/mol. The average Bonchev–Trinajstić information content (AvgIpc) is 2.98. The summed E-state index contributed by atoms with van der Waals surface area (Å²) in [6.45, 7) is 9.48. The Balaban J connectivity index is 2.25. The van der Waals surface area contributed by atoms with Crippen LogP contribution in [-0.2, 0) is 16.1 Å². The Labute approximate surface area is 183 Å². The van der Waals surface area contributed by atoms with Gasteiger partial charge in [-0.05, 0) is 32.9 Å². The van der Waals surface area contributed by atoms with Gasteiger partial charge in [0.2, 0.25) is 0 Å². The Bertz CT molecular complexity index is 1020. The highest BCUT2D eigenvalue weighted by Crippen LogP contribution is 2.32. The van der Waals surface area contributed by atoms with E-state index >= 15 is 0 Å². The molecule has 0 aliphatic heterocycles. The molecular formula is C20H22Cl2N2O4S. The maximum Gasteiger partial charge on any atom is 0.308 e. The molecule has 0 spiro atoms. The minimum absolute atomic E-state index is 0.114. The van der Waals surface area contributed by atoms with E-state index in [9.17, 15) is 9.59 Å². The van der Waals surface area contributed by atoms with E-state index in [0.29, 0.717) is 33.6 Å². The van der Waals surface area contributed by atoms with Crippen LogP contribution in [0.3, 0.4) is 0 Å². The number of benzene rings is 1. The fraction of sp³-hybridized carbons (Fsp3) is 0.350. The Morgan fingerprint density at radius 1 is 1.45 bits per heavy atom. The number of carbonyl (C=O) groups is 1. The lowest BCUT2D eigenvalue weighted by molar-refractivity contribution is -0.143. The molecule has 156 valence electrons. The van der Waals surface area contributed by atoms with Gasteiger partial charge in [0, 0.05) is 18.8 Å². The molecule has 0 amide bonds. The van der Waals surface area contributed by atoms with Gasteiger partial charge in [0.25, 0.3) is 0 Å². The Kier molecular flexibility index (Phi) is 8.49. The fourth-order valence-electron chi connectivity index (χ4n) is 2.40. The molecule has 0 aliphatic rings. The molecule has 0 saturated carbocycles. The number of hydrogen-bond donors (Lipinski definition) is 0. The molecule has 2 aromatic rings. The number of aromatic nitrogens is 1. The number of aryl methyl sites for hydroxylation is 1. The van der Waals surface area contributed by atoms with E-state index in [1.165, 1.54) is 16.8 Å². The van der Waals surface area contributed by atoms with Gasteiger partial charge in [-0.2, -0.15) is 0 Å². The summed E-state index contributed by atoms with van der Waals surface area (Å²) in [5.74, 6) is 0.0952. The van der Waals surface area contributed by atoms with Crippen LogP contribution >= 0.6 is 34.5 Å². The van der Waals surface area contributed by atoms with Crippen LogP contribution in [0.1, 0.15) is 27.2 Å². The van der Waals surface area contributed by atoms with Crippen LogP contribution in [0.2, 0.25) is 5.02 Å². The summed E-state index contributed by atoms with van der Waals surface area (Å²) in [7, 11) is 0. The molecule has 0 fully saturated rings. The van der Waals surface area contributed by atoms with Crippen molar-refractivity contribution in [3.05, 3.63) is 50.7 Å². The van der Waals surface area contributed by atoms with Crippen molar-refractivity contribution >= 4 is 56.4 Å². The maximum atomic E-state index is 12.3. The van der Waals surface area contributed by atoms with Gasteiger partial charge in [-0.1, -0.05) is 41.1 Å². The van der Waals surface area contributed by atoms with Crippen LogP contribution in [0.5, 0.6) is 5.75 Å². The van der Waals surface area contributed by atoms with E-state index < -0.39 is 0 Å². The number of allylic oxidation sites excluding steroid dienone is 2. The van der Waals surface area contributed by atoms with Gasteiger partial charge >= 0.3 is 10.8 Å². The number of rotatable bonds is 9. The lowest BCUT2D eigenvalue weighted by Gasteiger charge is -2.15. The van der Waals surface area contributed by atoms with E-state index in [1.54, 1.807) is 19.1 Å². The second kappa shape index (κ2) is 10.6. The van der Waals surface area contributed by atoms with Crippen molar-refractivity contribution in [2.45, 2.75) is 39.8 Å². The quantitative estimate of drug-likeness (QED) is 0.296. The first-order chi connectivity index (χ1) is 13.8. The van der Waals surface area contributed by atoms with Gasteiger partial charge in [0.05, 0.1) is 39.0 Å². The maximum absolute atomic E-state index is 12.3. The van der Waals surface area contributed by atoms with Crippen molar-refractivity contribution in [2.75, 3.05) is 6.61 Å². The summed E-state index contributed by atoms with van der Waals surface area (Å²) in [6.07, 6.45) is 2.73. The first kappa shape index (κ1) is 23.2. The van der Waals surface area contributed by atoms with Crippen LogP contribution < -0.4 is 9.61 Å². The second-order valence-corrected chi connectivity index (χ2v) is 7.91. The van der Waals surface area contributed by atoms with Crippen LogP contribution in [0.4, 0.5) is 0 Å². The van der Waals surface area contributed by atoms with E-state index in [2.05, 4.69) is 11.6 Å². The average molecular weight is 457 g/mol. The lowest BCUT2D eigenvalue weighted by Crippen LogP contribution is -2.21. The Hall–Kier alpha value is -2.09. The third-order valence-electron chi connectivity index (χ3n) is 4.05. The molecule has 2 rings (SSSR count). The second-order valence-electron chi connectivity index (χ2n) is 6.07. The molecule has 0 saturated heterocycles. The number of hydrogen-bond acceptors (Lipinski definition) is 6. The van der Waals surface area contributed by atoms with Gasteiger partial charge in [0.1, 0.15) is 11.9 Å². The summed E-state index contributed by atoms with van der Waals surface area (Å²) in [5, 5.41) is 0.782. The summed E-state index contributed by atoms with van der Waals surface area (Å²) >= 11 is 13.3. The topological polar surface area (TPSA) is 69.9 Å². The highest BCUT2D eigenvalue weighted by Gasteiger charge is 2.16. The summed E-state index contributed by atoms with van der Waals surface area (Å²) < 4.78 is 13.1. The zero-order valence-electron chi connectivity index (χ0n) is 16.4. The number of fused-ring (bicyclic) bond motifs is 1. The Morgan fingerprint density at radius 2 is 2.17 bits per heavy atom. The number of halogens is 2. The van der Waals surface area contributed by atoms with Gasteiger partial charge in [-0.25, -0.2) is 0 Å². The fourth-order valence-corrected chi connectivity index (χ4v) is 3.58. The molecule has 0 radical (unpaired) electrons. The minimum atomic E-state index is -0.363. The SMILES string of the molecule is C=C/C(Cl)=C\N=C(/C)C(C)Oc1cc2sc(=O)n(CCC(=O)OCC)c2cc1Cl. The number of aliphatic imine (C=N–C) groups is 1. The first-order valence-corrected chi connectivity index (χ1v) is 10.5. The zero-order valence-corrected chi connectivity index (χ0v) is 18.7. The summed E-state index contributed by atoms with van der Waals surface area (Å²) in [4.78, 5) is 28.0. The predicted octanol–water partition coefficient (Wildman–Crippen LogP) is 5.16. The molecule has 0 bridgehead atoms. The molecule has 1 unspecified atom stereocenters. The molecule has 9 heteroatoms. The van der Waals surface area contributed by atoms with Crippen molar-refractivity contribution in [3.8, 4) is 5.75 Å². The first-order valence-electron chi connectivity index (χ1n) is 8.94. The van der Waals surface area contributed by atoms with Crippen LogP contribution in [0.25, 0.3) is 10.2 Å². The number of ether oxygens (including phenoxy) is 2. The molecule has 1 aromatic heterocycles. The lowest BCUT2D eigenvalue weighted by atomic mass is 10.2. The van der Waals surface area contributed by atoms with Gasteiger partial charge in [-0.3, -0.25) is 19.1 Å².